The lowest BCUT2D eigenvalue weighted by atomic mass is 9.46. The highest BCUT2D eigenvalue weighted by Crippen LogP contribution is 2.66. The summed E-state index contributed by atoms with van der Waals surface area (Å²) >= 11 is 0. The van der Waals surface area contributed by atoms with Crippen LogP contribution in [0, 0.1) is 34.5 Å². The summed E-state index contributed by atoms with van der Waals surface area (Å²) in [5.41, 5.74) is 2.79. The van der Waals surface area contributed by atoms with Crippen LogP contribution < -0.4 is 10.6 Å². The monoisotopic (exact) mass is 497 g/mol. The number of oxime groups is 1. The van der Waals surface area contributed by atoms with Crippen molar-refractivity contribution in [1.82, 2.24) is 10.6 Å². The van der Waals surface area contributed by atoms with Crippen LogP contribution in [0.5, 0.6) is 0 Å². The van der Waals surface area contributed by atoms with Crippen LogP contribution in [0.2, 0.25) is 0 Å². The molecule has 4 aliphatic carbocycles. The summed E-state index contributed by atoms with van der Waals surface area (Å²) in [4.78, 5) is 42.2. The van der Waals surface area contributed by atoms with Crippen molar-refractivity contribution in [2.45, 2.75) is 97.4 Å². The molecule has 0 radical (unpaired) electrons. The van der Waals surface area contributed by atoms with Gasteiger partial charge in [-0.25, -0.2) is 0 Å². The lowest BCUT2D eigenvalue weighted by molar-refractivity contribution is -0.131. The number of carbonyl (C=O) groups excluding carboxylic acids is 3. The molecule has 1 saturated heterocycles. The number of carbonyl (C=O) groups is 3. The second-order valence-electron chi connectivity index (χ2n) is 12.6. The summed E-state index contributed by atoms with van der Waals surface area (Å²) < 4.78 is 0. The third kappa shape index (κ3) is 4.51. The number of rotatable bonds is 5. The third-order valence-corrected chi connectivity index (χ3v) is 10.7. The van der Waals surface area contributed by atoms with Crippen LogP contribution in [-0.4, -0.2) is 42.5 Å². The molecule has 7 heteroatoms. The quantitative estimate of drug-likeness (QED) is 0.553. The molecule has 5 aliphatic rings. The van der Waals surface area contributed by atoms with Gasteiger partial charge in [0.15, 0.2) is 6.61 Å². The van der Waals surface area contributed by atoms with E-state index in [1.165, 1.54) is 31.3 Å². The van der Waals surface area contributed by atoms with Crippen molar-refractivity contribution in [2.24, 2.45) is 39.7 Å². The van der Waals surface area contributed by atoms with E-state index < -0.39 is 6.04 Å². The fourth-order valence-corrected chi connectivity index (χ4v) is 8.80. The first-order valence-electron chi connectivity index (χ1n) is 14.2. The van der Waals surface area contributed by atoms with E-state index in [0.717, 1.165) is 50.2 Å². The van der Waals surface area contributed by atoms with E-state index in [0.29, 0.717) is 30.6 Å². The van der Waals surface area contributed by atoms with E-state index in [4.69, 9.17) is 4.84 Å². The van der Waals surface area contributed by atoms with Crippen molar-refractivity contribution >= 4 is 23.3 Å². The Hall–Kier alpha value is -2.18. The molecule has 0 bridgehead atoms. The van der Waals surface area contributed by atoms with Gasteiger partial charge in [-0.1, -0.05) is 24.6 Å². The van der Waals surface area contributed by atoms with Gasteiger partial charge in [0.25, 0.3) is 5.91 Å². The fraction of sp³-hybridized carbons (Fsp3) is 0.793. The molecule has 1 heterocycles. The van der Waals surface area contributed by atoms with Crippen LogP contribution in [0.3, 0.4) is 0 Å². The van der Waals surface area contributed by atoms with Crippen LogP contribution in [0.1, 0.15) is 91.4 Å². The van der Waals surface area contributed by atoms with Crippen LogP contribution in [0.25, 0.3) is 0 Å². The van der Waals surface area contributed by atoms with Gasteiger partial charge in [-0.15, -0.1) is 0 Å². The molecule has 2 N–H and O–H groups in total. The number of amides is 2. The Labute approximate surface area is 215 Å². The van der Waals surface area contributed by atoms with Crippen molar-refractivity contribution in [2.75, 3.05) is 13.2 Å². The first-order valence-corrected chi connectivity index (χ1v) is 14.2. The fourth-order valence-electron chi connectivity index (χ4n) is 8.80. The van der Waals surface area contributed by atoms with Crippen molar-refractivity contribution in [1.29, 1.82) is 0 Å². The lowest BCUT2D eigenvalue weighted by Crippen LogP contribution is -2.51. The van der Waals surface area contributed by atoms with Gasteiger partial charge in [-0.2, -0.15) is 0 Å². The largest absolute Gasteiger partial charge is 0.385 e. The molecule has 0 aromatic carbocycles. The maximum Gasteiger partial charge on any atom is 0.261 e. The van der Waals surface area contributed by atoms with Gasteiger partial charge in [-0.05, 0) is 112 Å². The molecule has 0 aromatic heterocycles. The van der Waals surface area contributed by atoms with Crippen LogP contribution >= 0.6 is 0 Å². The van der Waals surface area contributed by atoms with Gasteiger partial charge in [0.2, 0.25) is 5.91 Å². The van der Waals surface area contributed by atoms with Gasteiger partial charge in [0.05, 0.1) is 5.71 Å². The van der Waals surface area contributed by atoms with Gasteiger partial charge >= 0.3 is 0 Å². The SMILES string of the molecule is CC(=O)[C@@H]1CC[C@@H]2[C@H]3CCC4=C/C(=N/OCC(=O)N[C@@H]5CCCCNC5=O)CC[C@]4(C)[C@@H]3CC[C@]21C. The van der Waals surface area contributed by atoms with E-state index in [-0.39, 0.29) is 35.2 Å². The second kappa shape index (κ2) is 9.94. The number of Topliss-reactive ketones (excluding diaryl/α,β-unsaturated/α-hetero) is 1. The Kier molecular flexibility index (Phi) is 7.03. The molecular weight excluding hydrogens is 454 g/mol. The number of fused-ring (bicyclic) bond motifs is 5. The normalized spacial score (nSPS) is 41.2. The standard InChI is InChI=1S/C29H43N3O4/c1-18(33)22-9-10-23-21-8-7-19-16-20(11-13-28(19,2)24(21)12-14-29(22,23)3)32-36-17-26(34)31-25-6-4-5-15-30-27(25)35/h16,21-25H,4-15,17H2,1-3H3,(H,30,35)(H,31,34)/b32-20+/t21-,22+,23-,24-,25-,28+,29+/m1/s1. The molecular formula is C29H43N3O4. The molecule has 198 valence electrons. The van der Waals surface area contributed by atoms with Gasteiger partial charge in [-0.3, -0.25) is 14.4 Å². The highest BCUT2D eigenvalue weighted by molar-refractivity contribution is 5.96. The average Bonchev–Trinajstić information content (AvgIpc) is 3.08. The predicted octanol–water partition coefficient (Wildman–Crippen LogP) is 4.31. The highest BCUT2D eigenvalue weighted by atomic mass is 16.6. The maximum atomic E-state index is 12.4. The van der Waals surface area contributed by atoms with Crippen molar-refractivity contribution in [3.63, 3.8) is 0 Å². The number of allylic oxidation sites excluding steroid dienone is 2. The topological polar surface area (TPSA) is 96.9 Å². The summed E-state index contributed by atoms with van der Waals surface area (Å²) in [6.45, 7) is 7.16. The third-order valence-electron chi connectivity index (χ3n) is 10.7. The number of nitrogens with zero attached hydrogens (tertiary/aromatic N) is 1. The second-order valence-corrected chi connectivity index (χ2v) is 12.6. The number of hydrogen-bond acceptors (Lipinski definition) is 5. The molecule has 7 atom stereocenters. The zero-order valence-electron chi connectivity index (χ0n) is 22.2. The molecule has 36 heavy (non-hydrogen) atoms. The van der Waals surface area contributed by atoms with Gasteiger partial charge in [0, 0.05) is 12.5 Å². The minimum Gasteiger partial charge on any atom is -0.385 e. The molecule has 4 fully saturated rings. The first kappa shape index (κ1) is 25.5. The summed E-state index contributed by atoms with van der Waals surface area (Å²) in [7, 11) is 0. The minimum atomic E-state index is -0.480. The van der Waals surface area contributed by atoms with Gasteiger partial charge < -0.3 is 15.5 Å². The molecule has 1 aliphatic heterocycles. The Morgan fingerprint density at radius 2 is 1.92 bits per heavy atom. The Morgan fingerprint density at radius 1 is 1.08 bits per heavy atom. The van der Waals surface area contributed by atoms with Gasteiger partial charge in [0.1, 0.15) is 11.8 Å². The van der Waals surface area contributed by atoms with E-state index >= 15 is 0 Å². The van der Waals surface area contributed by atoms with Crippen LogP contribution in [0.15, 0.2) is 16.8 Å². The van der Waals surface area contributed by atoms with E-state index in [2.05, 4.69) is 35.7 Å². The maximum absolute atomic E-state index is 12.4. The summed E-state index contributed by atoms with van der Waals surface area (Å²) in [6.07, 6.45) is 13.6. The number of ketones is 1. The first-order chi connectivity index (χ1) is 17.2. The highest BCUT2D eigenvalue weighted by Gasteiger charge is 2.59. The van der Waals surface area contributed by atoms with Crippen molar-refractivity contribution in [3.05, 3.63) is 11.6 Å². The average molecular weight is 498 g/mol. The Morgan fingerprint density at radius 3 is 2.72 bits per heavy atom. The smallest absolute Gasteiger partial charge is 0.261 e. The molecule has 0 unspecified atom stereocenters. The zero-order chi connectivity index (χ0) is 25.5. The summed E-state index contributed by atoms with van der Waals surface area (Å²) in [5.74, 6) is 2.30. The zero-order valence-corrected chi connectivity index (χ0v) is 22.2. The minimum absolute atomic E-state index is 0.114. The lowest BCUT2D eigenvalue weighted by Gasteiger charge is -2.58. The summed E-state index contributed by atoms with van der Waals surface area (Å²) in [6, 6.07) is -0.480. The van der Waals surface area contributed by atoms with E-state index in [1.54, 1.807) is 6.92 Å². The molecule has 3 saturated carbocycles. The van der Waals surface area contributed by atoms with Crippen LogP contribution in [0.4, 0.5) is 0 Å². The molecule has 0 aromatic rings. The molecule has 0 spiro atoms. The molecule has 7 nitrogen and oxygen atoms in total. The number of hydrogen-bond donors (Lipinski definition) is 2. The number of nitrogens with one attached hydrogen (secondary N) is 2. The van der Waals surface area contributed by atoms with Crippen molar-refractivity contribution < 1.29 is 19.2 Å². The predicted molar refractivity (Wildman–Crippen MR) is 138 cm³/mol. The molecule has 2 amide bonds. The Balaban J connectivity index is 1.20. The Bertz CT molecular complexity index is 974. The summed E-state index contributed by atoms with van der Waals surface area (Å²) in [5, 5.41) is 9.93. The van der Waals surface area contributed by atoms with Crippen LogP contribution in [-0.2, 0) is 19.2 Å². The van der Waals surface area contributed by atoms with Crippen molar-refractivity contribution in [3.8, 4) is 0 Å². The van der Waals surface area contributed by atoms with E-state index in [9.17, 15) is 14.4 Å². The molecule has 5 rings (SSSR count). The van der Waals surface area contributed by atoms with E-state index in [1.807, 2.05) is 0 Å².